The van der Waals surface area contributed by atoms with Crippen molar-refractivity contribution in [3.8, 4) is 0 Å². The molecule has 0 saturated carbocycles. The zero-order valence-electron chi connectivity index (χ0n) is 13.1. The second-order valence-electron chi connectivity index (χ2n) is 6.33. The van der Waals surface area contributed by atoms with Crippen LogP contribution in [-0.4, -0.2) is 28.5 Å². The lowest BCUT2D eigenvalue weighted by Gasteiger charge is -2.36. The topological polar surface area (TPSA) is 31.9 Å². The van der Waals surface area contributed by atoms with Gasteiger partial charge in [0, 0.05) is 11.1 Å². The molecule has 117 valence electrons. The third kappa shape index (κ3) is 2.87. The minimum Gasteiger partial charge on any atom is -0.341 e. The van der Waals surface area contributed by atoms with Crippen molar-refractivity contribution >= 4 is 22.6 Å². The van der Waals surface area contributed by atoms with E-state index in [1.54, 1.807) is 0 Å². The SMILES string of the molecule is CN1CC[C@@H](c2c[c]c(Cl)cc2)C[C@@H]1c1nc2ccccc2[nH]1. The van der Waals surface area contributed by atoms with Crippen molar-refractivity contribution in [2.75, 3.05) is 13.6 Å². The maximum atomic E-state index is 5.96. The van der Waals surface area contributed by atoms with Crippen LogP contribution in [0, 0.1) is 6.07 Å². The zero-order chi connectivity index (χ0) is 15.8. The highest BCUT2D eigenvalue weighted by atomic mass is 35.5. The molecule has 3 aromatic rings. The molecule has 1 N–H and O–H groups in total. The number of hydrogen-bond acceptors (Lipinski definition) is 2. The number of fused-ring (bicyclic) bond motifs is 1. The summed E-state index contributed by atoms with van der Waals surface area (Å²) in [6, 6.07) is 17.7. The van der Waals surface area contributed by atoms with Crippen molar-refractivity contribution in [3.63, 3.8) is 0 Å². The fourth-order valence-corrected chi connectivity index (χ4v) is 3.63. The molecule has 0 aliphatic carbocycles. The summed E-state index contributed by atoms with van der Waals surface area (Å²) >= 11 is 5.96. The maximum Gasteiger partial charge on any atom is 0.124 e. The van der Waals surface area contributed by atoms with Gasteiger partial charge in [-0.1, -0.05) is 29.8 Å². The molecule has 1 radical (unpaired) electrons. The van der Waals surface area contributed by atoms with E-state index in [-0.39, 0.29) is 0 Å². The molecule has 4 rings (SSSR count). The van der Waals surface area contributed by atoms with E-state index < -0.39 is 0 Å². The van der Waals surface area contributed by atoms with Gasteiger partial charge in [-0.3, -0.25) is 4.90 Å². The molecule has 0 bridgehead atoms. The van der Waals surface area contributed by atoms with E-state index in [9.17, 15) is 0 Å². The van der Waals surface area contributed by atoms with Crippen LogP contribution in [-0.2, 0) is 0 Å². The van der Waals surface area contributed by atoms with Gasteiger partial charge in [-0.25, -0.2) is 4.98 Å². The summed E-state index contributed by atoms with van der Waals surface area (Å²) in [5.74, 6) is 1.59. The van der Waals surface area contributed by atoms with Crippen molar-refractivity contribution in [1.82, 2.24) is 14.9 Å². The van der Waals surface area contributed by atoms with Gasteiger partial charge in [-0.2, -0.15) is 0 Å². The first-order valence-corrected chi connectivity index (χ1v) is 8.40. The number of rotatable bonds is 2. The van der Waals surface area contributed by atoms with Crippen LogP contribution in [0.2, 0.25) is 5.02 Å². The predicted molar refractivity (Wildman–Crippen MR) is 93.7 cm³/mol. The van der Waals surface area contributed by atoms with E-state index in [2.05, 4.69) is 41.2 Å². The predicted octanol–water partition coefficient (Wildman–Crippen LogP) is 4.57. The summed E-state index contributed by atoms with van der Waals surface area (Å²) in [7, 11) is 2.18. The first-order chi connectivity index (χ1) is 11.2. The Labute approximate surface area is 141 Å². The largest absolute Gasteiger partial charge is 0.341 e. The van der Waals surface area contributed by atoms with Gasteiger partial charge < -0.3 is 4.98 Å². The Hall–Kier alpha value is -1.84. The number of aromatic nitrogens is 2. The normalized spacial score (nSPS) is 22.5. The minimum atomic E-state index is 0.317. The van der Waals surface area contributed by atoms with Gasteiger partial charge in [0.15, 0.2) is 0 Å². The Balaban J connectivity index is 1.62. The molecule has 3 nitrogen and oxygen atoms in total. The highest BCUT2D eigenvalue weighted by molar-refractivity contribution is 6.30. The lowest BCUT2D eigenvalue weighted by Crippen LogP contribution is -2.33. The molecule has 0 spiro atoms. The molecule has 0 unspecified atom stereocenters. The van der Waals surface area contributed by atoms with Gasteiger partial charge in [-0.15, -0.1) is 0 Å². The van der Waals surface area contributed by atoms with Crippen LogP contribution < -0.4 is 0 Å². The van der Waals surface area contributed by atoms with E-state index in [1.165, 1.54) is 5.56 Å². The van der Waals surface area contributed by atoms with Crippen molar-refractivity contribution in [1.29, 1.82) is 0 Å². The molecule has 1 saturated heterocycles. The first kappa shape index (κ1) is 14.7. The Bertz CT molecular complexity index is 776. The molecule has 2 heterocycles. The molecule has 4 heteroatoms. The van der Waals surface area contributed by atoms with Crippen molar-refractivity contribution in [3.05, 3.63) is 64.9 Å². The number of imidazole rings is 1. The number of nitrogens with one attached hydrogen (secondary N) is 1. The smallest absolute Gasteiger partial charge is 0.124 e. The summed E-state index contributed by atoms with van der Waals surface area (Å²) in [4.78, 5) is 10.7. The Morgan fingerprint density at radius 3 is 2.91 bits per heavy atom. The number of aromatic amines is 1. The summed E-state index contributed by atoms with van der Waals surface area (Å²) < 4.78 is 0. The molecule has 1 fully saturated rings. The van der Waals surface area contributed by atoms with Crippen LogP contribution >= 0.6 is 11.6 Å². The number of hydrogen-bond donors (Lipinski definition) is 1. The summed E-state index contributed by atoms with van der Waals surface area (Å²) in [6.07, 6.45) is 2.22. The number of para-hydroxylation sites is 2. The Morgan fingerprint density at radius 1 is 1.26 bits per heavy atom. The Kier molecular flexibility index (Phi) is 3.83. The fourth-order valence-electron chi connectivity index (χ4n) is 3.51. The highest BCUT2D eigenvalue weighted by Crippen LogP contribution is 2.38. The van der Waals surface area contributed by atoms with Crippen molar-refractivity contribution in [2.45, 2.75) is 24.8 Å². The average molecular weight is 325 g/mol. The van der Waals surface area contributed by atoms with E-state index in [0.29, 0.717) is 17.0 Å². The number of piperidine rings is 1. The van der Waals surface area contributed by atoms with Crippen LogP contribution in [0.15, 0.2) is 42.5 Å². The van der Waals surface area contributed by atoms with Gasteiger partial charge >= 0.3 is 0 Å². The van der Waals surface area contributed by atoms with Crippen molar-refractivity contribution in [2.24, 2.45) is 0 Å². The molecule has 1 aromatic heterocycles. The zero-order valence-corrected chi connectivity index (χ0v) is 13.8. The van der Waals surface area contributed by atoms with E-state index >= 15 is 0 Å². The molecule has 2 atom stereocenters. The standard InChI is InChI=1S/C19H19ClN3/c1-23-11-10-14(13-6-8-15(20)9-7-13)12-18(23)19-21-16-4-2-3-5-17(16)22-19/h2-8,14,18H,10-12H2,1H3,(H,21,22)/t14-,18-/m1/s1. The molecule has 2 aromatic carbocycles. The van der Waals surface area contributed by atoms with Gasteiger partial charge in [0.05, 0.1) is 17.1 Å². The summed E-state index contributed by atoms with van der Waals surface area (Å²) in [6.45, 7) is 1.06. The molecular formula is C19H19ClN3. The lowest BCUT2D eigenvalue weighted by molar-refractivity contribution is 0.164. The number of nitrogens with zero attached hydrogens (tertiary/aromatic N) is 2. The Morgan fingerprint density at radius 2 is 2.13 bits per heavy atom. The maximum absolute atomic E-state index is 5.96. The quantitative estimate of drug-likeness (QED) is 0.749. The van der Waals surface area contributed by atoms with Crippen LogP contribution in [0.1, 0.15) is 36.2 Å². The van der Waals surface area contributed by atoms with E-state index in [0.717, 1.165) is 36.2 Å². The van der Waals surface area contributed by atoms with Crippen LogP contribution in [0.5, 0.6) is 0 Å². The molecule has 1 aliphatic heterocycles. The minimum absolute atomic E-state index is 0.317. The van der Waals surface area contributed by atoms with E-state index in [4.69, 9.17) is 16.6 Å². The van der Waals surface area contributed by atoms with Crippen LogP contribution in [0.3, 0.4) is 0 Å². The van der Waals surface area contributed by atoms with E-state index in [1.807, 2.05) is 24.3 Å². The molecule has 23 heavy (non-hydrogen) atoms. The highest BCUT2D eigenvalue weighted by Gasteiger charge is 2.30. The van der Waals surface area contributed by atoms with Gasteiger partial charge in [0.1, 0.15) is 5.82 Å². The molecular weight excluding hydrogens is 306 g/mol. The van der Waals surface area contributed by atoms with Gasteiger partial charge in [0.2, 0.25) is 0 Å². The molecule has 1 aliphatic rings. The number of likely N-dealkylation sites (tertiary alicyclic amines) is 1. The third-order valence-corrected chi connectivity index (χ3v) is 5.10. The first-order valence-electron chi connectivity index (χ1n) is 8.03. The van der Waals surface area contributed by atoms with Crippen LogP contribution in [0.25, 0.3) is 11.0 Å². The summed E-state index contributed by atoms with van der Waals surface area (Å²) in [5, 5.41) is 0.676. The van der Waals surface area contributed by atoms with Gasteiger partial charge in [0.25, 0.3) is 0 Å². The third-order valence-electron chi connectivity index (χ3n) is 4.86. The fraction of sp³-hybridized carbons (Fsp3) is 0.316. The van der Waals surface area contributed by atoms with Gasteiger partial charge in [-0.05, 0) is 62.2 Å². The van der Waals surface area contributed by atoms with Crippen molar-refractivity contribution < 1.29 is 0 Å². The monoisotopic (exact) mass is 324 g/mol. The number of benzene rings is 2. The second kappa shape index (κ2) is 5.99. The number of halogens is 1. The average Bonchev–Trinajstić information content (AvgIpc) is 3.00. The summed E-state index contributed by atoms with van der Waals surface area (Å²) in [5.41, 5.74) is 3.47. The van der Waals surface area contributed by atoms with Crippen LogP contribution in [0.4, 0.5) is 0 Å². The molecule has 0 amide bonds. The second-order valence-corrected chi connectivity index (χ2v) is 6.73. The lowest BCUT2D eigenvalue weighted by atomic mass is 9.85. The number of H-pyrrole nitrogens is 1.